The Morgan fingerprint density at radius 2 is 2.26 bits per heavy atom. The number of hydrogen-bond acceptors (Lipinski definition) is 2. The van der Waals surface area contributed by atoms with Gasteiger partial charge in [0.2, 0.25) is 11.8 Å². The lowest BCUT2D eigenvalue weighted by molar-refractivity contribution is -0.137. The van der Waals surface area contributed by atoms with Gasteiger partial charge in [0.05, 0.1) is 0 Å². The van der Waals surface area contributed by atoms with Crippen LogP contribution in [0, 0.1) is 5.92 Å². The molecule has 1 rings (SSSR count). The maximum Gasteiger partial charge on any atom is 0.237 e. The molecule has 0 aromatic heterocycles. The molecule has 1 aliphatic heterocycles. The van der Waals surface area contributed by atoms with Crippen LogP contribution in [-0.2, 0) is 9.59 Å². The molecule has 4 nitrogen and oxygen atoms in total. The molecule has 1 heterocycles. The van der Waals surface area contributed by atoms with Crippen molar-refractivity contribution in [3.8, 4) is 0 Å². The second kappa shape index (κ2) is 7.90. The third kappa shape index (κ3) is 4.64. The van der Waals surface area contributed by atoms with Crippen LogP contribution in [-0.4, -0.2) is 23.0 Å². The lowest BCUT2D eigenvalue weighted by Crippen LogP contribution is -2.38. The average Bonchev–Trinajstić information content (AvgIpc) is 2.57. The number of carbonyl (C=O) groups is 2. The fourth-order valence-electron chi connectivity index (χ4n) is 1.90. The minimum absolute atomic E-state index is 0.130. The van der Waals surface area contributed by atoms with E-state index < -0.39 is 5.92 Å². The summed E-state index contributed by atoms with van der Waals surface area (Å²) in [7, 11) is 2.39. The lowest BCUT2D eigenvalue weighted by Gasteiger charge is -2.19. The van der Waals surface area contributed by atoms with Crippen LogP contribution in [0.3, 0.4) is 0 Å². The molecule has 104 valence electrons. The van der Waals surface area contributed by atoms with E-state index in [1.54, 1.807) is 16.8 Å². The quantitative estimate of drug-likeness (QED) is 0.487. The van der Waals surface area contributed by atoms with E-state index >= 15 is 0 Å². The van der Waals surface area contributed by atoms with E-state index in [2.05, 4.69) is 21.3 Å². The van der Waals surface area contributed by atoms with Crippen molar-refractivity contribution in [3.05, 3.63) is 36.6 Å². The van der Waals surface area contributed by atoms with Gasteiger partial charge in [0.1, 0.15) is 5.92 Å². The molecule has 0 bridgehead atoms. The van der Waals surface area contributed by atoms with Crippen molar-refractivity contribution >= 4 is 21.2 Å². The van der Waals surface area contributed by atoms with Gasteiger partial charge in [0.25, 0.3) is 0 Å². The Bertz CT molecular complexity index is 416. The number of nitrogens with one attached hydrogen (secondary N) is 1. The van der Waals surface area contributed by atoms with E-state index in [4.69, 9.17) is 0 Å². The van der Waals surface area contributed by atoms with Crippen LogP contribution in [0.2, 0.25) is 0 Å². The first-order valence-electron chi connectivity index (χ1n) is 6.42. The molecule has 2 unspecified atom stereocenters. The number of allylic oxidation sites excluding steroid dienone is 4. The molecule has 19 heavy (non-hydrogen) atoms. The topological polar surface area (TPSA) is 49.4 Å². The standard InChI is InChI=1S/C14H21N2O2P/c1-3-5-8-11(4-2)15-13(17)12-9-6-7-10-16(19)14(12)18/h3-5,8,12H,2,6-7,9-10,19H2,1H3,(H,15,17)/b5-3-,11-8+. The minimum Gasteiger partial charge on any atom is -0.327 e. The largest absolute Gasteiger partial charge is 0.327 e. The maximum absolute atomic E-state index is 12.2. The van der Waals surface area contributed by atoms with Crippen LogP contribution in [0.15, 0.2) is 36.6 Å². The molecule has 1 N–H and O–H groups in total. The van der Waals surface area contributed by atoms with Crippen molar-refractivity contribution < 1.29 is 9.59 Å². The van der Waals surface area contributed by atoms with Crippen molar-refractivity contribution in [1.82, 2.24) is 9.99 Å². The third-order valence-electron chi connectivity index (χ3n) is 3.00. The van der Waals surface area contributed by atoms with Gasteiger partial charge in [-0.15, -0.1) is 0 Å². The zero-order valence-corrected chi connectivity index (χ0v) is 12.4. The smallest absolute Gasteiger partial charge is 0.237 e. The van der Waals surface area contributed by atoms with Gasteiger partial charge in [0.15, 0.2) is 0 Å². The first-order valence-corrected chi connectivity index (χ1v) is 6.94. The number of carbonyl (C=O) groups excluding carboxylic acids is 2. The molecular formula is C14H21N2O2P. The summed E-state index contributed by atoms with van der Waals surface area (Å²) >= 11 is 0. The average molecular weight is 280 g/mol. The van der Waals surface area contributed by atoms with Crippen molar-refractivity contribution in [2.24, 2.45) is 5.92 Å². The molecule has 0 saturated carbocycles. The van der Waals surface area contributed by atoms with E-state index in [9.17, 15) is 9.59 Å². The van der Waals surface area contributed by atoms with Crippen molar-refractivity contribution in [3.63, 3.8) is 0 Å². The summed E-state index contributed by atoms with van der Waals surface area (Å²) in [4.78, 5) is 24.2. The number of hydrogen-bond donors (Lipinski definition) is 1. The van der Waals surface area contributed by atoms with Gasteiger partial charge in [-0.25, -0.2) is 0 Å². The first-order chi connectivity index (χ1) is 9.10. The summed E-state index contributed by atoms with van der Waals surface area (Å²) in [6.45, 7) is 6.23. The molecule has 1 aliphatic rings. The van der Waals surface area contributed by atoms with E-state index in [0.29, 0.717) is 18.7 Å². The lowest BCUT2D eigenvalue weighted by atomic mass is 10.0. The van der Waals surface area contributed by atoms with Crippen LogP contribution in [0.1, 0.15) is 26.2 Å². The molecule has 2 atom stereocenters. The minimum atomic E-state index is -0.603. The van der Waals surface area contributed by atoms with Gasteiger partial charge >= 0.3 is 0 Å². The summed E-state index contributed by atoms with van der Waals surface area (Å²) in [6.07, 6.45) is 9.41. The molecule has 5 heteroatoms. The fraction of sp³-hybridized carbons (Fsp3) is 0.429. The highest BCUT2D eigenvalue weighted by atomic mass is 31.0. The third-order valence-corrected chi connectivity index (χ3v) is 3.51. The second-order valence-corrected chi connectivity index (χ2v) is 5.04. The van der Waals surface area contributed by atoms with Crippen molar-refractivity contribution in [1.29, 1.82) is 0 Å². The van der Waals surface area contributed by atoms with Crippen LogP contribution < -0.4 is 5.32 Å². The van der Waals surface area contributed by atoms with Gasteiger partial charge in [0, 0.05) is 12.2 Å². The predicted octanol–water partition coefficient (Wildman–Crippen LogP) is 2.17. The highest BCUT2D eigenvalue weighted by Crippen LogP contribution is 2.20. The first kappa shape index (κ1) is 15.6. The summed E-state index contributed by atoms with van der Waals surface area (Å²) in [5, 5.41) is 2.75. The molecule has 0 aliphatic carbocycles. The molecule has 2 amide bonds. The molecule has 0 spiro atoms. The Morgan fingerprint density at radius 3 is 2.89 bits per heavy atom. The number of rotatable bonds is 4. The zero-order valence-electron chi connectivity index (χ0n) is 11.3. The van der Waals surface area contributed by atoms with Gasteiger partial charge in [-0.2, -0.15) is 0 Å². The molecule has 0 aromatic carbocycles. The highest BCUT2D eigenvalue weighted by Gasteiger charge is 2.30. The van der Waals surface area contributed by atoms with Crippen LogP contribution >= 0.6 is 9.39 Å². The fourth-order valence-corrected chi connectivity index (χ4v) is 2.26. The Labute approximate surface area is 116 Å². The van der Waals surface area contributed by atoms with Gasteiger partial charge in [-0.05, 0) is 41.3 Å². The molecule has 0 radical (unpaired) electrons. The van der Waals surface area contributed by atoms with Gasteiger partial charge in [-0.3, -0.25) is 9.59 Å². The van der Waals surface area contributed by atoms with Crippen LogP contribution in [0.4, 0.5) is 0 Å². The molecule has 0 aromatic rings. The van der Waals surface area contributed by atoms with Crippen LogP contribution in [0.25, 0.3) is 0 Å². The predicted molar refractivity (Wildman–Crippen MR) is 80.0 cm³/mol. The molecular weight excluding hydrogens is 259 g/mol. The van der Waals surface area contributed by atoms with Crippen molar-refractivity contribution in [2.45, 2.75) is 26.2 Å². The summed E-state index contributed by atoms with van der Waals surface area (Å²) < 4.78 is 1.56. The van der Waals surface area contributed by atoms with Crippen molar-refractivity contribution in [2.75, 3.05) is 6.54 Å². The van der Waals surface area contributed by atoms with E-state index in [1.165, 1.54) is 0 Å². The number of amides is 2. The van der Waals surface area contributed by atoms with Gasteiger partial charge in [-0.1, -0.05) is 25.2 Å². The molecule has 1 saturated heterocycles. The Hall–Kier alpha value is -1.41. The Morgan fingerprint density at radius 1 is 1.53 bits per heavy atom. The summed E-state index contributed by atoms with van der Waals surface area (Å²) in [5.74, 6) is -0.988. The van der Waals surface area contributed by atoms with Gasteiger partial charge < -0.3 is 9.99 Å². The monoisotopic (exact) mass is 280 g/mol. The van der Waals surface area contributed by atoms with E-state index in [1.807, 2.05) is 19.1 Å². The van der Waals surface area contributed by atoms with E-state index in [0.717, 1.165) is 12.8 Å². The summed E-state index contributed by atoms with van der Waals surface area (Å²) in [6, 6.07) is 0. The zero-order chi connectivity index (χ0) is 14.3. The SMILES string of the molecule is C=C/C(=C\C=C/C)NC(=O)C1CCCCN(P)C1=O. The van der Waals surface area contributed by atoms with E-state index in [-0.39, 0.29) is 11.8 Å². The van der Waals surface area contributed by atoms with Crippen LogP contribution in [0.5, 0.6) is 0 Å². The maximum atomic E-state index is 12.2. The molecule has 1 fully saturated rings. The Balaban J connectivity index is 2.75. The second-order valence-electron chi connectivity index (χ2n) is 4.42. The normalized spacial score (nSPS) is 21.4. The summed E-state index contributed by atoms with van der Waals surface area (Å²) in [5.41, 5.74) is 0.607. The Kier molecular flexibility index (Phi) is 6.51. The number of nitrogens with zero attached hydrogens (tertiary/aromatic N) is 1. The highest BCUT2D eigenvalue weighted by molar-refractivity contribution is 7.14.